The third-order valence-corrected chi connectivity index (χ3v) is 4.42. The predicted molar refractivity (Wildman–Crippen MR) is 96.7 cm³/mol. The van der Waals surface area contributed by atoms with Crippen LogP contribution in [0.1, 0.15) is 31.1 Å². The standard InChI is InChI=1S/C19H11N3O6/c23-11-6-4-10(5-7-11)17(24)20-21-18(25)13-3-1-2-12-15(22(27)28)9-8-14(16(12)13)19(21)26/h1-9,23H,(H,20,24). The first-order valence-corrected chi connectivity index (χ1v) is 8.07. The van der Waals surface area contributed by atoms with Crippen LogP contribution < -0.4 is 5.43 Å². The Hall–Kier alpha value is -4.27. The van der Waals surface area contributed by atoms with Crippen molar-refractivity contribution in [2.45, 2.75) is 0 Å². The number of non-ortho nitro benzene ring substituents is 1. The molecule has 1 aliphatic rings. The van der Waals surface area contributed by atoms with E-state index in [0.717, 1.165) is 0 Å². The summed E-state index contributed by atoms with van der Waals surface area (Å²) in [4.78, 5) is 48.6. The lowest BCUT2D eigenvalue weighted by Gasteiger charge is -2.27. The molecule has 0 saturated carbocycles. The number of imide groups is 1. The van der Waals surface area contributed by atoms with Crippen LogP contribution in [0.2, 0.25) is 0 Å². The van der Waals surface area contributed by atoms with Crippen molar-refractivity contribution < 1.29 is 24.4 Å². The molecule has 9 nitrogen and oxygen atoms in total. The highest BCUT2D eigenvalue weighted by Crippen LogP contribution is 2.34. The van der Waals surface area contributed by atoms with Crippen molar-refractivity contribution in [3.05, 3.63) is 81.4 Å². The van der Waals surface area contributed by atoms with E-state index >= 15 is 0 Å². The van der Waals surface area contributed by atoms with Crippen molar-refractivity contribution in [3.63, 3.8) is 0 Å². The molecule has 0 spiro atoms. The SMILES string of the molecule is O=C(NN1C(=O)c2cccc3c([N+](=O)[O-])ccc(c23)C1=O)c1ccc(O)cc1. The lowest BCUT2D eigenvalue weighted by Crippen LogP contribution is -2.51. The molecular weight excluding hydrogens is 366 g/mol. The number of hydrogen-bond acceptors (Lipinski definition) is 6. The molecule has 9 heteroatoms. The minimum atomic E-state index is -0.796. The van der Waals surface area contributed by atoms with Crippen molar-refractivity contribution >= 4 is 34.2 Å². The summed E-state index contributed by atoms with van der Waals surface area (Å²) in [5.41, 5.74) is 2.31. The Bertz CT molecular complexity index is 1160. The highest BCUT2D eigenvalue weighted by molar-refractivity contribution is 6.26. The average Bonchev–Trinajstić information content (AvgIpc) is 2.69. The number of benzene rings is 3. The molecule has 0 atom stereocenters. The Morgan fingerprint density at radius 1 is 0.964 bits per heavy atom. The Kier molecular flexibility index (Phi) is 3.78. The summed E-state index contributed by atoms with van der Waals surface area (Å²) in [5, 5.41) is 21.5. The summed E-state index contributed by atoms with van der Waals surface area (Å²) >= 11 is 0. The van der Waals surface area contributed by atoms with Gasteiger partial charge < -0.3 is 5.11 Å². The first-order chi connectivity index (χ1) is 13.4. The summed E-state index contributed by atoms with van der Waals surface area (Å²) < 4.78 is 0. The smallest absolute Gasteiger partial charge is 0.280 e. The van der Waals surface area contributed by atoms with Crippen LogP contribution in [0.5, 0.6) is 5.75 Å². The van der Waals surface area contributed by atoms with E-state index in [4.69, 9.17) is 0 Å². The fourth-order valence-corrected chi connectivity index (χ4v) is 3.12. The number of hydrogen-bond donors (Lipinski definition) is 2. The van der Waals surface area contributed by atoms with Gasteiger partial charge in [0.05, 0.1) is 21.4 Å². The van der Waals surface area contributed by atoms with Gasteiger partial charge in [0.1, 0.15) is 5.75 Å². The molecule has 0 unspecified atom stereocenters. The average molecular weight is 377 g/mol. The summed E-state index contributed by atoms with van der Waals surface area (Å²) in [5.74, 6) is -2.35. The van der Waals surface area contributed by atoms with Crippen molar-refractivity contribution in [3.8, 4) is 5.75 Å². The number of nitrogens with zero attached hydrogens (tertiary/aromatic N) is 2. The highest BCUT2D eigenvalue weighted by Gasteiger charge is 2.36. The molecule has 0 bridgehead atoms. The molecule has 28 heavy (non-hydrogen) atoms. The van der Waals surface area contributed by atoms with Crippen LogP contribution >= 0.6 is 0 Å². The van der Waals surface area contributed by atoms with E-state index < -0.39 is 22.6 Å². The number of carbonyl (C=O) groups excluding carboxylic acids is 3. The van der Waals surface area contributed by atoms with Crippen LogP contribution in [0.4, 0.5) is 5.69 Å². The minimum Gasteiger partial charge on any atom is -0.508 e. The monoisotopic (exact) mass is 377 g/mol. The van der Waals surface area contributed by atoms with Gasteiger partial charge in [0, 0.05) is 17.0 Å². The normalized spacial score (nSPS) is 12.9. The van der Waals surface area contributed by atoms with Gasteiger partial charge in [-0.2, -0.15) is 5.01 Å². The molecule has 2 N–H and O–H groups in total. The lowest BCUT2D eigenvalue weighted by molar-refractivity contribution is -0.383. The second-order valence-electron chi connectivity index (χ2n) is 6.05. The van der Waals surface area contributed by atoms with Gasteiger partial charge in [0.25, 0.3) is 23.4 Å². The second-order valence-corrected chi connectivity index (χ2v) is 6.05. The molecule has 1 heterocycles. The van der Waals surface area contributed by atoms with E-state index in [9.17, 15) is 29.6 Å². The molecule has 1 aliphatic heterocycles. The number of phenolic OH excluding ortho intramolecular Hbond substituents is 1. The van der Waals surface area contributed by atoms with Crippen molar-refractivity contribution in [2.75, 3.05) is 0 Å². The number of phenols is 1. The maximum atomic E-state index is 12.8. The molecule has 0 aliphatic carbocycles. The maximum absolute atomic E-state index is 12.8. The van der Waals surface area contributed by atoms with Crippen LogP contribution in [-0.2, 0) is 0 Å². The quantitative estimate of drug-likeness (QED) is 0.409. The number of nitro groups is 1. The first-order valence-electron chi connectivity index (χ1n) is 8.07. The van der Waals surface area contributed by atoms with Gasteiger partial charge in [0.15, 0.2) is 0 Å². The first kappa shape index (κ1) is 17.2. The molecule has 4 rings (SSSR count). The van der Waals surface area contributed by atoms with E-state index in [1.807, 2.05) is 0 Å². The fourth-order valence-electron chi connectivity index (χ4n) is 3.12. The highest BCUT2D eigenvalue weighted by atomic mass is 16.6. The predicted octanol–water partition coefficient (Wildman–Crippen LogP) is 2.39. The minimum absolute atomic E-state index is 0.0381. The van der Waals surface area contributed by atoms with E-state index in [0.29, 0.717) is 5.01 Å². The summed E-state index contributed by atoms with van der Waals surface area (Å²) in [7, 11) is 0. The number of amides is 3. The maximum Gasteiger partial charge on any atom is 0.280 e. The summed E-state index contributed by atoms with van der Waals surface area (Å²) in [6.07, 6.45) is 0. The van der Waals surface area contributed by atoms with Crippen LogP contribution in [0.3, 0.4) is 0 Å². The molecule has 3 amide bonds. The van der Waals surface area contributed by atoms with Gasteiger partial charge in [-0.3, -0.25) is 29.9 Å². The second kappa shape index (κ2) is 6.16. The van der Waals surface area contributed by atoms with Gasteiger partial charge in [-0.05, 0) is 42.5 Å². The molecule has 138 valence electrons. The van der Waals surface area contributed by atoms with Crippen LogP contribution in [0, 0.1) is 10.1 Å². The third-order valence-electron chi connectivity index (χ3n) is 4.42. The molecule has 3 aromatic carbocycles. The summed E-state index contributed by atoms with van der Waals surface area (Å²) in [6, 6.07) is 12.1. The van der Waals surface area contributed by atoms with E-state index in [1.54, 1.807) is 0 Å². The number of aromatic hydroxyl groups is 1. The lowest BCUT2D eigenvalue weighted by atomic mass is 9.94. The molecule has 0 aromatic heterocycles. The Morgan fingerprint density at radius 3 is 2.25 bits per heavy atom. The van der Waals surface area contributed by atoms with Gasteiger partial charge >= 0.3 is 0 Å². The summed E-state index contributed by atoms with van der Waals surface area (Å²) in [6.45, 7) is 0. The Balaban J connectivity index is 1.77. The number of nitrogens with one attached hydrogen (secondary N) is 1. The van der Waals surface area contributed by atoms with E-state index in [-0.39, 0.29) is 38.9 Å². The van der Waals surface area contributed by atoms with Gasteiger partial charge in [-0.15, -0.1) is 0 Å². The van der Waals surface area contributed by atoms with Crippen LogP contribution in [0.25, 0.3) is 10.8 Å². The van der Waals surface area contributed by atoms with E-state index in [1.165, 1.54) is 54.6 Å². The van der Waals surface area contributed by atoms with Crippen molar-refractivity contribution in [1.82, 2.24) is 10.4 Å². The third kappa shape index (κ3) is 2.53. The zero-order valence-corrected chi connectivity index (χ0v) is 14.1. The molecule has 0 saturated heterocycles. The van der Waals surface area contributed by atoms with Crippen molar-refractivity contribution in [2.24, 2.45) is 0 Å². The number of nitro benzene ring substituents is 1. The Labute approximate surface area is 156 Å². The fraction of sp³-hybridized carbons (Fsp3) is 0. The molecular formula is C19H11N3O6. The molecule has 0 fully saturated rings. The topological polar surface area (TPSA) is 130 Å². The van der Waals surface area contributed by atoms with Gasteiger partial charge in [-0.1, -0.05) is 6.07 Å². The van der Waals surface area contributed by atoms with Crippen molar-refractivity contribution in [1.29, 1.82) is 0 Å². The van der Waals surface area contributed by atoms with Gasteiger partial charge in [0.2, 0.25) is 0 Å². The zero-order valence-electron chi connectivity index (χ0n) is 14.1. The molecule has 3 aromatic rings. The van der Waals surface area contributed by atoms with Gasteiger partial charge in [-0.25, -0.2) is 0 Å². The number of rotatable bonds is 3. The number of carbonyl (C=O) groups is 3. The Morgan fingerprint density at radius 2 is 1.61 bits per heavy atom. The van der Waals surface area contributed by atoms with E-state index in [2.05, 4.69) is 5.43 Å². The van der Waals surface area contributed by atoms with Crippen LogP contribution in [-0.4, -0.2) is 32.8 Å². The van der Waals surface area contributed by atoms with Crippen LogP contribution in [0.15, 0.2) is 54.6 Å². The largest absolute Gasteiger partial charge is 0.508 e. The molecule has 0 radical (unpaired) electrons. The zero-order chi connectivity index (χ0) is 20.0. The number of hydrazine groups is 1.